The molecule has 0 saturated heterocycles. The summed E-state index contributed by atoms with van der Waals surface area (Å²) < 4.78 is 5.67. The first kappa shape index (κ1) is 13.2. The lowest BCUT2D eigenvalue weighted by Crippen LogP contribution is -2.38. The van der Waals surface area contributed by atoms with Crippen LogP contribution in [0.1, 0.15) is 23.4 Å². The van der Waals surface area contributed by atoms with Crippen molar-refractivity contribution < 1.29 is 9.53 Å². The number of ether oxygens (including phenoxy) is 1. The normalized spacial score (nSPS) is 18.8. The molecule has 3 rings (SSSR count). The molecular formula is C16H17NO2S. The van der Waals surface area contributed by atoms with Crippen molar-refractivity contribution in [3.63, 3.8) is 0 Å². The molecule has 0 saturated carbocycles. The molecule has 1 aromatic carbocycles. The van der Waals surface area contributed by atoms with E-state index in [1.54, 1.807) is 11.3 Å². The average Bonchev–Trinajstić information content (AvgIpc) is 3.01. The first-order valence-corrected chi connectivity index (χ1v) is 7.66. The van der Waals surface area contributed by atoms with Gasteiger partial charge in [0.1, 0.15) is 12.4 Å². The van der Waals surface area contributed by atoms with Gasteiger partial charge in [0.2, 0.25) is 5.91 Å². The highest BCUT2D eigenvalue weighted by atomic mass is 32.1. The Morgan fingerprint density at radius 2 is 2.20 bits per heavy atom. The van der Waals surface area contributed by atoms with Gasteiger partial charge in [0, 0.05) is 4.88 Å². The smallest absolute Gasteiger partial charge is 0.227 e. The standard InChI is InChI=1S/C16H17NO2S/c1-11(15-7-4-8-20-15)17-16(18)13-9-12-5-2-3-6-14(12)19-10-13/h2-8,11,13H,9-10H2,1H3,(H,17,18)/t11-,13-/m0/s1. The fourth-order valence-electron chi connectivity index (χ4n) is 2.44. The summed E-state index contributed by atoms with van der Waals surface area (Å²) in [6.07, 6.45) is 0.749. The van der Waals surface area contributed by atoms with Crippen molar-refractivity contribution >= 4 is 17.2 Å². The minimum atomic E-state index is -0.104. The zero-order chi connectivity index (χ0) is 13.9. The number of thiophene rings is 1. The second kappa shape index (κ2) is 5.67. The monoisotopic (exact) mass is 287 g/mol. The van der Waals surface area contributed by atoms with Crippen molar-refractivity contribution in [1.82, 2.24) is 5.32 Å². The number of hydrogen-bond donors (Lipinski definition) is 1. The lowest BCUT2D eigenvalue weighted by atomic mass is 9.96. The lowest BCUT2D eigenvalue weighted by molar-refractivity contribution is -0.126. The maximum atomic E-state index is 12.3. The van der Waals surface area contributed by atoms with Gasteiger partial charge in [-0.25, -0.2) is 0 Å². The van der Waals surface area contributed by atoms with Gasteiger partial charge >= 0.3 is 0 Å². The van der Waals surface area contributed by atoms with Gasteiger partial charge in [-0.15, -0.1) is 11.3 Å². The third-order valence-electron chi connectivity index (χ3n) is 3.58. The van der Waals surface area contributed by atoms with E-state index >= 15 is 0 Å². The number of para-hydroxylation sites is 1. The largest absolute Gasteiger partial charge is 0.492 e. The first-order valence-electron chi connectivity index (χ1n) is 6.78. The number of fused-ring (bicyclic) bond motifs is 1. The Bertz CT molecular complexity index is 594. The number of carbonyl (C=O) groups excluding carboxylic acids is 1. The number of benzene rings is 1. The third-order valence-corrected chi connectivity index (χ3v) is 4.63. The molecule has 1 N–H and O–H groups in total. The maximum absolute atomic E-state index is 12.3. The third kappa shape index (κ3) is 2.70. The molecule has 0 radical (unpaired) electrons. The summed E-state index contributed by atoms with van der Waals surface area (Å²) in [5, 5.41) is 5.10. The average molecular weight is 287 g/mol. The summed E-state index contributed by atoms with van der Waals surface area (Å²) in [5.74, 6) is 0.871. The molecule has 1 aromatic heterocycles. The van der Waals surface area contributed by atoms with E-state index in [4.69, 9.17) is 4.74 Å². The van der Waals surface area contributed by atoms with E-state index in [2.05, 4.69) is 5.32 Å². The second-order valence-electron chi connectivity index (χ2n) is 5.07. The van der Waals surface area contributed by atoms with E-state index in [0.29, 0.717) is 6.61 Å². The van der Waals surface area contributed by atoms with Crippen LogP contribution in [0.15, 0.2) is 41.8 Å². The molecule has 104 valence electrons. The number of nitrogens with one attached hydrogen (secondary N) is 1. The highest BCUT2D eigenvalue weighted by Crippen LogP contribution is 2.27. The highest BCUT2D eigenvalue weighted by Gasteiger charge is 2.26. The Balaban J connectivity index is 1.64. The van der Waals surface area contributed by atoms with Crippen LogP contribution in [0.4, 0.5) is 0 Å². The number of hydrogen-bond acceptors (Lipinski definition) is 3. The van der Waals surface area contributed by atoms with Gasteiger partial charge in [-0.05, 0) is 36.4 Å². The van der Waals surface area contributed by atoms with Crippen molar-refractivity contribution in [2.75, 3.05) is 6.61 Å². The van der Waals surface area contributed by atoms with Gasteiger partial charge in [-0.3, -0.25) is 4.79 Å². The molecule has 2 atom stereocenters. The highest BCUT2D eigenvalue weighted by molar-refractivity contribution is 7.10. The zero-order valence-electron chi connectivity index (χ0n) is 11.3. The van der Waals surface area contributed by atoms with Gasteiger partial charge in [0.05, 0.1) is 12.0 Å². The topological polar surface area (TPSA) is 38.3 Å². The predicted octanol–water partition coefficient (Wildman–Crippen LogP) is 3.18. The van der Waals surface area contributed by atoms with Crippen molar-refractivity contribution in [2.45, 2.75) is 19.4 Å². The quantitative estimate of drug-likeness (QED) is 0.941. The van der Waals surface area contributed by atoms with Crippen molar-refractivity contribution in [1.29, 1.82) is 0 Å². The summed E-state index contributed by atoms with van der Waals surface area (Å²) in [7, 11) is 0. The molecule has 1 aliphatic heterocycles. The van der Waals surface area contributed by atoms with Crippen molar-refractivity contribution in [2.24, 2.45) is 5.92 Å². The second-order valence-corrected chi connectivity index (χ2v) is 6.04. The first-order chi connectivity index (χ1) is 9.74. The Morgan fingerprint density at radius 3 is 3.00 bits per heavy atom. The number of amides is 1. The van der Waals surface area contributed by atoms with Crippen LogP contribution < -0.4 is 10.1 Å². The minimum Gasteiger partial charge on any atom is -0.492 e. The Hall–Kier alpha value is -1.81. The lowest BCUT2D eigenvalue weighted by Gasteiger charge is -2.25. The summed E-state index contributed by atoms with van der Waals surface area (Å²) in [5.41, 5.74) is 1.11. The fourth-order valence-corrected chi connectivity index (χ4v) is 3.17. The molecule has 0 fully saturated rings. The fraction of sp³-hybridized carbons (Fsp3) is 0.312. The van der Waals surface area contributed by atoms with E-state index in [9.17, 15) is 4.79 Å². The van der Waals surface area contributed by atoms with Crippen LogP contribution in [0.25, 0.3) is 0 Å². The molecule has 3 nitrogen and oxygen atoms in total. The molecule has 0 aliphatic carbocycles. The zero-order valence-corrected chi connectivity index (χ0v) is 12.2. The van der Waals surface area contributed by atoms with Crippen LogP contribution in [0.2, 0.25) is 0 Å². The molecule has 0 bridgehead atoms. The van der Waals surface area contributed by atoms with Crippen molar-refractivity contribution in [3.8, 4) is 5.75 Å². The van der Waals surface area contributed by atoms with Gasteiger partial charge < -0.3 is 10.1 Å². The Kier molecular flexibility index (Phi) is 3.74. The molecule has 2 aromatic rings. The van der Waals surface area contributed by atoms with E-state index in [-0.39, 0.29) is 17.9 Å². The molecule has 0 unspecified atom stereocenters. The van der Waals surface area contributed by atoms with Crippen LogP contribution in [0.5, 0.6) is 5.75 Å². The summed E-state index contributed by atoms with van der Waals surface area (Å²) in [4.78, 5) is 13.5. The Morgan fingerprint density at radius 1 is 1.35 bits per heavy atom. The maximum Gasteiger partial charge on any atom is 0.227 e. The van der Waals surface area contributed by atoms with Crippen LogP contribution in [-0.2, 0) is 11.2 Å². The van der Waals surface area contributed by atoms with Crippen LogP contribution in [0, 0.1) is 5.92 Å². The summed E-state index contributed by atoms with van der Waals surface area (Å²) in [6, 6.07) is 12.0. The molecule has 4 heteroatoms. The minimum absolute atomic E-state index is 0.0553. The van der Waals surface area contributed by atoms with Crippen LogP contribution in [0.3, 0.4) is 0 Å². The van der Waals surface area contributed by atoms with E-state index in [0.717, 1.165) is 17.7 Å². The number of carbonyl (C=O) groups is 1. The Labute approximate surface area is 122 Å². The number of rotatable bonds is 3. The predicted molar refractivity (Wildman–Crippen MR) is 80.0 cm³/mol. The molecular weight excluding hydrogens is 270 g/mol. The van der Waals surface area contributed by atoms with Gasteiger partial charge in [0.25, 0.3) is 0 Å². The van der Waals surface area contributed by atoms with E-state index in [1.807, 2.05) is 48.7 Å². The van der Waals surface area contributed by atoms with Gasteiger partial charge in [0.15, 0.2) is 0 Å². The van der Waals surface area contributed by atoms with E-state index < -0.39 is 0 Å². The van der Waals surface area contributed by atoms with Crippen LogP contribution in [-0.4, -0.2) is 12.5 Å². The molecule has 20 heavy (non-hydrogen) atoms. The van der Waals surface area contributed by atoms with Gasteiger partial charge in [-0.2, -0.15) is 0 Å². The summed E-state index contributed by atoms with van der Waals surface area (Å²) >= 11 is 1.66. The van der Waals surface area contributed by atoms with Gasteiger partial charge in [-0.1, -0.05) is 24.3 Å². The molecule has 1 amide bonds. The summed E-state index contributed by atoms with van der Waals surface area (Å²) in [6.45, 7) is 2.47. The van der Waals surface area contributed by atoms with Crippen LogP contribution >= 0.6 is 11.3 Å². The molecule has 0 spiro atoms. The SMILES string of the molecule is C[C@H](NC(=O)[C@@H]1COc2ccccc2C1)c1cccs1. The van der Waals surface area contributed by atoms with Crippen molar-refractivity contribution in [3.05, 3.63) is 52.2 Å². The van der Waals surface area contributed by atoms with E-state index in [1.165, 1.54) is 4.88 Å². The molecule has 1 aliphatic rings. The molecule has 2 heterocycles.